The summed E-state index contributed by atoms with van der Waals surface area (Å²) in [5.74, 6) is 0.540. The number of aromatic hydroxyl groups is 1. The largest absolute Gasteiger partial charge is 0.508 e. The van der Waals surface area contributed by atoms with Crippen molar-refractivity contribution in [3.05, 3.63) is 29.8 Å². The van der Waals surface area contributed by atoms with E-state index in [0.29, 0.717) is 24.8 Å². The third-order valence-electron chi connectivity index (χ3n) is 7.20. The quantitative estimate of drug-likeness (QED) is 0.575. The molecule has 4 aliphatic carbocycles. The Bertz CT molecular complexity index is 746. The number of carboxylic acid groups (broad SMARTS) is 1. The Balaban J connectivity index is 1.38. The van der Waals surface area contributed by atoms with Crippen LogP contribution in [0, 0.1) is 22.7 Å². The SMILES string of the molecule is N[C@@H](Cc1ccc(O)cc1)C(=O)NCC12C[C@H]3C[C@@H](C1)CC(CC(=O)O)(C3)C2. The fourth-order valence-corrected chi connectivity index (χ4v) is 6.77. The number of nitrogens with one attached hydrogen (secondary N) is 1. The molecule has 1 aromatic carbocycles. The topological polar surface area (TPSA) is 113 Å². The monoisotopic (exact) mass is 386 g/mol. The fourth-order valence-electron chi connectivity index (χ4n) is 6.77. The van der Waals surface area contributed by atoms with Crippen LogP contribution in [-0.4, -0.2) is 34.7 Å². The Labute approximate surface area is 165 Å². The van der Waals surface area contributed by atoms with Gasteiger partial charge in [0.05, 0.1) is 12.5 Å². The van der Waals surface area contributed by atoms with E-state index < -0.39 is 12.0 Å². The summed E-state index contributed by atoms with van der Waals surface area (Å²) in [5, 5.41) is 21.8. The molecule has 0 aliphatic heterocycles. The smallest absolute Gasteiger partial charge is 0.303 e. The van der Waals surface area contributed by atoms with Gasteiger partial charge in [0.25, 0.3) is 0 Å². The van der Waals surface area contributed by atoms with Crippen molar-refractivity contribution in [3.63, 3.8) is 0 Å². The number of nitrogens with two attached hydrogens (primary N) is 1. The van der Waals surface area contributed by atoms with Gasteiger partial charge in [-0.15, -0.1) is 0 Å². The summed E-state index contributed by atoms with van der Waals surface area (Å²) in [7, 11) is 0. The Kier molecular flexibility index (Phi) is 4.86. The van der Waals surface area contributed by atoms with Crippen LogP contribution in [0.3, 0.4) is 0 Å². The van der Waals surface area contributed by atoms with E-state index in [2.05, 4.69) is 5.32 Å². The number of hydrogen-bond donors (Lipinski definition) is 4. The standard InChI is InChI=1S/C22H30N2O4/c23-18(6-14-1-3-17(25)4-2-14)20(28)24-13-22-9-15-5-16(10-22)8-21(7-15,12-22)11-19(26)27/h1-4,15-16,18,25H,5-13,23H2,(H,24,28)(H,26,27)/t15-,16+,18-,21?,22?/m0/s1. The van der Waals surface area contributed by atoms with Crippen LogP contribution in [-0.2, 0) is 16.0 Å². The molecule has 4 saturated carbocycles. The predicted octanol–water partition coefficient (Wildman–Crippen LogP) is 2.44. The van der Waals surface area contributed by atoms with Crippen molar-refractivity contribution in [1.29, 1.82) is 0 Å². The first-order chi connectivity index (χ1) is 13.3. The third-order valence-corrected chi connectivity index (χ3v) is 7.20. The molecule has 0 heterocycles. The normalized spacial score (nSPS) is 34.2. The molecule has 0 radical (unpaired) electrons. The summed E-state index contributed by atoms with van der Waals surface area (Å²) in [6.07, 6.45) is 7.07. The Morgan fingerprint density at radius 2 is 1.71 bits per heavy atom. The van der Waals surface area contributed by atoms with Gasteiger partial charge in [0.1, 0.15) is 5.75 Å². The molecule has 1 aromatic rings. The first-order valence-corrected chi connectivity index (χ1v) is 10.3. The zero-order chi connectivity index (χ0) is 19.9. The van der Waals surface area contributed by atoms with Gasteiger partial charge in [0.15, 0.2) is 0 Å². The van der Waals surface area contributed by atoms with E-state index >= 15 is 0 Å². The van der Waals surface area contributed by atoms with E-state index in [1.807, 2.05) is 0 Å². The van der Waals surface area contributed by atoms with Gasteiger partial charge >= 0.3 is 5.97 Å². The van der Waals surface area contributed by atoms with Crippen LogP contribution in [0.4, 0.5) is 0 Å². The number of carboxylic acids is 1. The minimum Gasteiger partial charge on any atom is -0.508 e. The van der Waals surface area contributed by atoms with Crippen LogP contribution in [0.25, 0.3) is 0 Å². The Morgan fingerprint density at radius 3 is 2.32 bits per heavy atom. The average Bonchev–Trinajstić information content (AvgIpc) is 2.59. The minimum absolute atomic E-state index is 0.0352. The molecule has 152 valence electrons. The Hall–Kier alpha value is -2.08. The highest BCUT2D eigenvalue weighted by molar-refractivity contribution is 5.81. The van der Waals surface area contributed by atoms with E-state index in [9.17, 15) is 19.8 Å². The molecule has 4 bridgehead atoms. The molecule has 0 aromatic heterocycles. The van der Waals surface area contributed by atoms with Crippen molar-refractivity contribution in [2.45, 2.75) is 57.4 Å². The van der Waals surface area contributed by atoms with E-state index in [1.54, 1.807) is 24.3 Å². The lowest BCUT2D eigenvalue weighted by Crippen LogP contribution is -2.57. The average molecular weight is 386 g/mol. The molecule has 1 amide bonds. The van der Waals surface area contributed by atoms with Gasteiger partial charge in [0.2, 0.25) is 5.91 Å². The molecule has 0 spiro atoms. The Morgan fingerprint density at radius 1 is 1.11 bits per heavy atom. The van der Waals surface area contributed by atoms with Gasteiger partial charge in [-0.1, -0.05) is 12.1 Å². The molecule has 5 N–H and O–H groups in total. The first-order valence-electron chi connectivity index (χ1n) is 10.3. The van der Waals surface area contributed by atoms with Gasteiger partial charge in [-0.3, -0.25) is 9.59 Å². The van der Waals surface area contributed by atoms with Crippen LogP contribution >= 0.6 is 0 Å². The highest BCUT2D eigenvalue weighted by Crippen LogP contribution is 2.66. The predicted molar refractivity (Wildman–Crippen MR) is 105 cm³/mol. The molecule has 6 nitrogen and oxygen atoms in total. The number of phenols is 1. The van der Waals surface area contributed by atoms with E-state index in [4.69, 9.17) is 5.73 Å². The summed E-state index contributed by atoms with van der Waals surface area (Å²) in [5.41, 5.74) is 6.98. The van der Waals surface area contributed by atoms with Gasteiger partial charge in [-0.25, -0.2) is 0 Å². The maximum atomic E-state index is 12.6. The lowest BCUT2D eigenvalue weighted by Gasteiger charge is -2.62. The van der Waals surface area contributed by atoms with Crippen LogP contribution < -0.4 is 11.1 Å². The highest BCUT2D eigenvalue weighted by Gasteiger charge is 2.58. The molecule has 5 rings (SSSR count). The second kappa shape index (κ2) is 7.07. The number of carbonyl (C=O) groups is 2. The van der Waals surface area contributed by atoms with Gasteiger partial charge in [-0.2, -0.15) is 0 Å². The molecular weight excluding hydrogens is 356 g/mol. The highest BCUT2D eigenvalue weighted by atomic mass is 16.4. The van der Waals surface area contributed by atoms with Crippen molar-refractivity contribution in [2.24, 2.45) is 28.4 Å². The number of carbonyl (C=O) groups excluding carboxylic acids is 1. The zero-order valence-electron chi connectivity index (χ0n) is 16.2. The summed E-state index contributed by atoms with van der Waals surface area (Å²) in [6.45, 7) is 0.601. The van der Waals surface area contributed by atoms with Crippen LogP contribution in [0.5, 0.6) is 5.75 Å². The molecule has 4 fully saturated rings. The molecule has 0 saturated heterocycles. The van der Waals surface area contributed by atoms with Gasteiger partial charge in [0, 0.05) is 6.54 Å². The number of rotatable bonds is 7. The van der Waals surface area contributed by atoms with E-state index in [-0.39, 0.29) is 28.9 Å². The van der Waals surface area contributed by atoms with Crippen molar-refractivity contribution in [3.8, 4) is 5.75 Å². The summed E-state index contributed by atoms with van der Waals surface area (Å²) < 4.78 is 0. The summed E-state index contributed by atoms with van der Waals surface area (Å²) in [4.78, 5) is 24.0. The second-order valence-corrected chi connectivity index (χ2v) is 9.73. The van der Waals surface area contributed by atoms with Crippen molar-refractivity contribution in [1.82, 2.24) is 5.32 Å². The van der Waals surface area contributed by atoms with Crippen molar-refractivity contribution in [2.75, 3.05) is 6.54 Å². The fraction of sp³-hybridized carbons (Fsp3) is 0.636. The van der Waals surface area contributed by atoms with Crippen molar-refractivity contribution < 1.29 is 19.8 Å². The lowest BCUT2D eigenvalue weighted by molar-refractivity contribution is -0.153. The van der Waals surface area contributed by atoms with Gasteiger partial charge < -0.3 is 21.3 Å². The maximum absolute atomic E-state index is 12.6. The molecule has 28 heavy (non-hydrogen) atoms. The van der Waals surface area contributed by atoms with Crippen LogP contribution in [0.15, 0.2) is 24.3 Å². The zero-order valence-corrected chi connectivity index (χ0v) is 16.2. The number of aliphatic carboxylic acids is 1. The minimum atomic E-state index is -0.697. The summed E-state index contributed by atoms with van der Waals surface area (Å²) >= 11 is 0. The number of amides is 1. The lowest BCUT2D eigenvalue weighted by atomic mass is 9.43. The molecule has 4 aliphatic rings. The maximum Gasteiger partial charge on any atom is 0.303 e. The molecular formula is C22H30N2O4. The third kappa shape index (κ3) is 3.88. The number of hydrogen-bond acceptors (Lipinski definition) is 4. The number of phenolic OH excluding ortho intramolecular Hbond substituents is 1. The molecule has 5 atom stereocenters. The number of benzene rings is 1. The molecule has 6 heteroatoms. The van der Waals surface area contributed by atoms with Crippen LogP contribution in [0.2, 0.25) is 0 Å². The second-order valence-electron chi connectivity index (χ2n) is 9.73. The van der Waals surface area contributed by atoms with Crippen molar-refractivity contribution >= 4 is 11.9 Å². The van der Waals surface area contributed by atoms with Gasteiger partial charge in [-0.05, 0) is 85.3 Å². The van der Waals surface area contributed by atoms with E-state index in [1.165, 1.54) is 6.42 Å². The van der Waals surface area contributed by atoms with E-state index in [0.717, 1.165) is 37.7 Å². The first kappa shape index (κ1) is 19.2. The van der Waals surface area contributed by atoms with Crippen LogP contribution in [0.1, 0.15) is 50.5 Å². The molecule has 2 unspecified atom stereocenters. The summed E-state index contributed by atoms with van der Waals surface area (Å²) in [6, 6.07) is 6.11.